The van der Waals surface area contributed by atoms with Crippen molar-refractivity contribution in [3.05, 3.63) is 84.7 Å². The molecular weight excluding hydrogens is 434 g/mol. The average molecular weight is 461 g/mol. The number of anilines is 1. The van der Waals surface area contributed by atoms with Gasteiger partial charge in [0.1, 0.15) is 20.4 Å². The minimum absolute atomic E-state index is 0.0883. The van der Waals surface area contributed by atoms with Crippen LogP contribution in [0.2, 0.25) is 0 Å². The van der Waals surface area contributed by atoms with E-state index >= 15 is 0 Å². The quantitative estimate of drug-likeness (QED) is 0.432. The number of benzene rings is 2. The van der Waals surface area contributed by atoms with Gasteiger partial charge in [-0.2, -0.15) is 4.57 Å². The summed E-state index contributed by atoms with van der Waals surface area (Å²) in [6, 6.07) is 16.8. The van der Waals surface area contributed by atoms with E-state index in [1.165, 1.54) is 20.8 Å². The van der Waals surface area contributed by atoms with E-state index in [2.05, 4.69) is 90.1 Å². The van der Waals surface area contributed by atoms with Gasteiger partial charge >= 0.3 is 0 Å². The number of likely N-dealkylation sites (N-methyl/N-ethyl adjacent to an activating group) is 1. The highest BCUT2D eigenvalue weighted by molar-refractivity contribution is 7.19. The lowest BCUT2D eigenvalue weighted by Gasteiger charge is -2.28. The Balaban J connectivity index is 1.76. The van der Waals surface area contributed by atoms with E-state index in [1.807, 2.05) is 11.5 Å². The van der Waals surface area contributed by atoms with Gasteiger partial charge in [0, 0.05) is 24.8 Å². The topological polar surface area (TPSA) is 29.1 Å². The molecular formula is C26H26N3OS2+. The summed E-state index contributed by atoms with van der Waals surface area (Å²) < 4.78 is 7.29. The fourth-order valence-electron chi connectivity index (χ4n) is 4.39. The van der Waals surface area contributed by atoms with Crippen LogP contribution < -0.4 is 24.2 Å². The Kier molecular flexibility index (Phi) is 5.57. The third-order valence-corrected chi connectivity index (χ3v) is 8.16. The van der Waals surface area contributed by atoms with E-state index in [1.54, 1.807) is 22.7 Å². The minimum Gasteiger partial charge on any atom is -0.340 e. The van der Waals surface area contributed by atoms with Gasteiger partial charge in [-0.15, -0.1) is 11.3 Å². The van der Waals surface area contributed by atoms with Gasteiger partial charge in [0.2, 0.25) is 5.52 Å². The lowest BCUT2D eigenvalue weighted by atomic mass is 10.1. The molecule has 2 aromatic carbocycles. The van der Waals surface area contributed by atoms with Gasteiger partial charge in [-0.05, 0) is 44.5 Å². The van der Waals surface area contributed by atoms with Crippen LogP contribution in [0.3, 0.4) is 0 Å². The van der Waals surface area contributed by atoms with Gasteiger partial charge in [0.15, 0.2) is 0 Å². The molecule has 0 aliphatic carbocycles. The highest BCUT2D eigenvalue weighted by Crippen LogP contribution is 2.30. The van der Waals surface area contributed by atoms with Gasteiger partial charge in [0.25, 0.3) is 10.6 Å². The van der Waals surface area contributed by atoms with Crippen molar-refractivity contribution in [1.82, 2.24) is 4.57 Å². The molecule has 0 saturated carbocycles. The molecule has 4 aromatic rings. The molecule has 2 aromatic heterocycles. The van der Waals surface area contributed by atoms with Crippen LogP contribution in [-0.4, -0.2) is 11.1 Å². The molecule has 0 bridgehead atoms. The zero-order chi connectivity index (χ0) is 22.2. The Morgan fingerprint density at radius 3 is 2.50 bits per heavy atom. The number of fused-ring (bicyclic) bond motifs is 2. The first kappa shape index (κ1) is 20.9. The molecule has 32 heavy (non-hydrogen) atoms. The molecule has 0 fully saturated rings. The number of rotatable bonds is 4. The smallest absolute Gasteiger partial charge is 0.271 e. The first-order valence-electron chi connectivity index (χ1n) is 11.1. The molecule has 0 unspecified atom stereocenters. The van der Waals surface area contributed by atoms with E-state index in [4.69, 9.17) is 0 Å². The van der Waals surface area contributed by atoms with Crippen molar-refractivity contribution < 1.29 is 4.57 Å². The zero-order valence-corrected chi connectivity index (χ0v) is 20.2. The predicted octanol–water partition coefficient (Wildman–Crippen LogP) is 3.94. The van der Waals surface area contributed by atoms with Crippen LogP contribution >= 0.6 is 22.7 Å². The molecule has 1 aliphatic rings. The van der Waals surface area contributed by atoms with Crippen LogP contribution in [0.15, 0.2) is 59.4 Å². The lowest BCUT2D eigenvalue weighted by molar-refractivity contribution is -0.665. The maximum absolute atomic E-state index is 13.5. The number of thiazole rings is 2. The molecule has 6 heteroatoms. The molecule has 5 rings (SSSR count). The van der Waals surface area contributed by atoms with Crippen LogP contribution in [0.4, 0.5) is 5.69 Å². The van der Waals surface area contributed by atoms with E-state index in [0.29, 0.717) is 6.54 Å². The summed E-state index contributed by atoms with van der Waals surface area (Å²) in [7, 11) is 0. The maximum atomic E-state index is 13.5. The normalized spacial score (nSPS) is 15.6. The van der Waals surface area contributed by atoms with Gasteiger partial charge < -0.3 is 4.90 Å². The van der Waals surface area contributed by atoms with Crippen LogP contribution in [0.25, 0.3) is 28.1 Å². The largest absolute Gasteiger partial charge is 0.340 e. The van der Waals surface area contributed by atoms with Crippen LogP contribution in [0.5, 0.6) is 0 Å². The Hall–Kier alpha value is -2.96. The van der Waals surface area contributed by atoms with Gasteiger partial charge in [-0.25, -0.2) is 0 Å². The Morgan fingerprint density at radius 2 is 1.72 bits per heavy atom. The van der Waals surface area contributed by atoms with Crippen molar-refractivity contribution in [3.8, 4) is 0 Å². The highest BCUT2D eigenvalue weighted by atomic mass is 32.1. The molecule has 0 atom stereocenters. The summed E-state index contributed by atoms with van der Waals surface area (Å²) in [6.07, 6.45) is 6.39. The van der Waals surface area contributed by atoms with Crippen LogP contribution in [-0.2, 0) is 13.1 Å². The van der Waals surface area contributed by atoms with Crippen molar-refractivity contribution in [2.45, 2.75) is 33.9 Å². The molecule has 3 heterocycles. The molecule has 162 valence electrons. The number of hydrogen-bond donors (Lipinski definition) is 0. The second-order valence-corrected chi connectivity index (χ2v) is 9.73. The Bertz CT molecular complexity index is 1520. The number of aromatic nitrogens is 2. The van der Waals surface area contributed by atoms with Crippen molar-refractivity contribution in [2.75, 3.05) is 11.4 Å². The first-order valence-corrected chi connectivity index (χ1v) is 12.7. The molecule has 4 nitrogen and oxygen atoms in total. The van der Waals surface area contributed by atoms with E-state index in [-0.39, 0.29) is 5.56 Å². The fraction of sp³-hybridized carbons (Fsp3) is 0.231. The standard InChI is InChI=1S/C26H26N3OS2/c1-4-27-19-12-8-7-11-18(19)15-16-21(27)25-26(30)29(6-3)24(32-25)17-23-28(5-2)20-13-9-10-14-22(20)31-23/h7-17H,4-6H2,1-3H3/q+1. The summed E-state index contributed by atoms with van der Waals surface area (Å²) in [5, 5.41) is 1.17. The van der Waals surface area contributed by atoms with Crippen molar-refractivity contribution in [1.29, 1.82) is 0 Å². The molecule has 1 aliphatic heterocycles. The summed E-state index contributed by atoms with van der Waals surface area (Å²) in [5.41, 5.74) is 4.66. The molecule has 0 spiro atoms. The highest BCUT2D eigenvalue weighted by Gasteiger charge is 2.20. The second kappa shape index (κ2) is 8.52. The Morgan fingerprint density at radius 1 is 0.938 bits per heavy atom. The monoisotopic (exact) mass is 460 g/mol. The van der Waals surface area contributed by atoms with E-state index < -0.39 is 0 Å². The number of hydrogen-bond acceptors (Lipinski definition) is 4. The predicted molar refractivity (Wildman–Crippen MR) is 137 cm³/mol. The van der Waals surface area contributed by atoms with E-state index in [0.717, 1.165) is 33.7 Å². The van der Waals surface area contributed by atoms with Crippen molar-refractivity contribution in [3.63, 3.8) is 0 Å². The first-order chi connectivity index (χ1) is 15.7. The average Bonchev–Trinajstić information content (AvgIpc) is 3.34. The summed E-state index contributed by atoms with van der Waals surface area (Å²) in [5.74, 6) is 0. The molecule has 0 saturated heterocycles. The van der Waals surface area contributed by atoms with Crippen LogP contribution in [0, 0.1) is 0 Å². The SMILES string of the molecule is CCN1C(=c2sc(=Cc3sc4ccccc4[n+]3CC)n(CC)c2=O)C=Cc2ccccc21. The lowest BCUT2D eigenvalue weighted by Crippen LogP contribution is -2.37. The van der Waals surface area contributed by atoms with Gasteiger partial charge in [0.05, 0.1) is 11.8 Å². The minimum atomic E-state index is 0.0883. The summed E-state index contributed by atoms with van der Waals surface area (Å²) >= 11 is 3.37. The number of aryl methyl sites for hydroxylation is 1. The van der Waals surface area contributed by atoms with Crippen molar-refractivity contribution >= 4 is 56.4 Å². The molecule has 0 amide bonds. The van der Waals surface area contributed by atoms with Crippen molar-refractivity contribution in [2.24, 2.45) is 0 Å². The molecule has 0 N–H and O–H groups in total. The fourth-order valence-corrected chi connectivity index (χ4v) is 6.81. The van der Waals surface area contributed by atoms with E-state index in [9.17, 15) is 4.79 Å². The molecule has 0 radical (unpaired) electrons. The maximum Gasteiger partial charge on any atom is 0.271 e. The summed E-state index contributed by atoms with van der Waals surface area (Å²) in [6.45, 7) is 8.70. The number of para-hydroxylation sites is 2. The van der Waals surface area contributed by atoms with Gasteiger partial charge in [-0.3, -0.25) is 9.36 Å². The summed E-state index contributed by atoms with van der Waals surface area (Å²) in [4.78, 5) is 15.7. The zero-order valence-electron chi connectivity index (χ0n) is 18.5. The Labute approximate surface area is 195 Å². The third-order valence-electron chi connectivity index (χ3n) is 5.92. The number of nitrogens with zero attached hydrogens (tertiary/aromatic N) is 3. The van der Waals surface area contributed by atoms with Gasteiger partial charge in [-0.1, -0.05) is 47.7 Å². The second-order valence-electron chi connectivity index (χ2n) is 7.64. The van der Waals surface area contributed by atoms with Crippen LogP contribution in [0.1, 0.15) is 31.3 Å². The third kappa shape index (κ3) is 3.34.